The minimum atomic E-state index is -3.78. The van der Waals surface area contributed by atoms with Gasteiger partial charge in [-0.2, -0.15) is 5.26 Å². The number of ether oxygens (including phenoxy) is 1. The number of esters is 1. The van der Waals surface area contributed by atoms with Crippen LogP contribution in [-0.4, -0.2) is 49.7 Å². The molecule has 0 atom stereocenters. The van der Waals surface area contributed by atoms with E-state index in [1.165, 1.54) is 18.2 Å². The molecule has 1 heterocycles. The van der Waals surface area contributed by atoms with Crippen LogP contribution in [0.25, 0.3) is 10.9 Å². The summed E-state index contributed by atoms with van der Waals surface area (Å²) in [5.41, 5.74) is 1.20. The third kappa shape index (κ3) is 4.20. The number of nitriles is 1. The molecule has 0 aliphatic rings. The second kappa shape index (κ2) is 9.02. The van der Waals surface area contributed by atoms with Crippen molar-refractivity contribution >= 4 is 26.7 Å². The number of hydrogen-bond acceptors (Lipinski definition) is 7. The zero-order valence-electron chi connectivity index (χ0n) is 18.4. The van der Waals surface area contributed by atoms with Crippen molar-refractivity contribution in [2.45, 2.75) is 24.1 Å². The van der Waals surface area contributed by atoms with Crippen LogP contribution in [0, 0.1) is 11.3 Å². The van der Waals surface area contributed by atoms with Crippen molar-refractivity contribution in [3.05, 3.63) is 58.8 Å². The molecule has 2 aromatic carbocycles. The van der Waals surface area contributed by atoms with E-state index < -0.39 is 21.6 Å². The average molecular weight is 456 g/mol. The average Bonchev–Trinajstić information content (AvgIpc) is 3.01. The van der Waals surface area contributed by atoms with Crippen LogP contribution in [0.1, 0.15) is 34.1 Å². The molecule has 0 aliphatic carbocycles. The molecular weight excluding hydrogens is 430 g/mol. The number of fused-ring (bicyclic) bond motifs is 1. The molecule has 168 valence electrons. The van der Waals surface area contributed by atoms with E-state index in [1.54, 1.807) is 55.7 Å². The predicted molar refractivity (Wildman–Crippen MR) is 120 cm³/mol. The minimum absolute atomic E-state index is 0.0443. The van der Waals surface area contributed by atoms with E-state index in [9.17, 15) is 23.6 Å². The van der Waals surface area contributed by atoms with Crippen molar-refractivity contribution in [3.63, 3.8) is 0 Å². The van der Waals surface area contributed by atoms with Gasteiger partial charge in [0.1, 0.15) is 11.8 Å². The molecule has 32 heavy (non-hydrogen) atoms. The van der Waals surface area contributed by atoms with E-state index in [0.29, 0.717) is 16.5 Å². The molecule has 0 aliphatic heterocycles. The van der Waals surface area contributed by atoms with Crippen molar-refractivity contribution in [1.82, 2.24) is 9.47 Å². The number of aryl methyl sites for hydroxylation is 1. The van der Waals surface area contributed by atoms with Crippen molar-refractivity contribution in [2.24, 2.45) is 7.05 Å². The van der Waals surface area contributed by atoms with Crippen LogP contribution in [-0.2, 0) is 33.9 Å². The minimum Gasteiger partial charge on any atom is -0.506 e. The third-order valence-electron chi connectivity index (χ3n) is 5.19. The van der Waals surface area contributed by atoms with Gasteiger partial charge < -0.3 is 19.3 Å². The second-order valence-corrected chi connectivity index (χ2v) is 9.66. The number of benzene rings is 2. The van der Waals surface area contributed by atoms with Gasteiger partial charge in [-0.25, -0.2) is 13.2 Å². The maximum absolute atomic E-state index is 13.1. The van der Waals surface area contributed by atoms with Crippen molar-refractivity contribution in [3.8, 4) is 11.8 Å². The fourth-order valence-corrected chi connectivity index (χ4v) is 5.19. The molecule has 0 spiro atoms. The number of rotatable bonds is 7. The van der Waals surface area contributed by atoms with E-state index in [-0.39, 0.29) is 40.6 Å². The zero-order chi connectivity index (χ0) is 23.6. The van der Waals surface area contributed by atoms with Gasteiger partial charge in [0.05, 0.1) is 33.9 Å². The SMILES string of the molecule is CCOC(=O)c1c(CS(=O)(=O)c2ccccc2)n(C)c2cc(C#N)c(O)c(CN(C)C)c12. The van der Waals surface area contributed by atoms with E-state index in [1.807, 2.05) is 6.07 Å². The van der Waals surface area contributed by atoms with Gasteiger partial charge in [-0.1, -0.05) is 18.2 Å². The topological polar surface area (TPSA) is 113 Å². The molecule has 0 saturated carbocycles. The molecular formula is C23H25N3O5S. The molecule has 0 saturated heterocycles. The van der Waals surface area contributed by atoms with Crippen LogP contribution in [0.15, 0.2) is 41.3 Å². The third-order valence-corrected chi connectivity index (χ3v) is 6.83. The summed E-state index contributed by atoms with van der Waals surface area (Å²) in [6.45, 7) is 2.00. The van der Waals surface area contributed by atoms with Crippen LogP contribution in [0.2, 0.25) is 0 Å². The fourth-order valence-electron chi connectivity index (χ4n) is 3.75. The van der Waals surface area contributed by atoms with Gasteiger partial charge in [0, 0.05) is 30.2 Å². The first-order valence-electron chi connectivity index (χ1n) is 9.98. The zero-order valence-corrected chi connectivity index (χ0v) is 19.2. The summed E-state index contributed by atoms with van der Waals surface area (Å²) in [4.78, 5) is 15.0. The first-order chi connectivity index (χ1) is 15.1. The normalized spacial score (nSPS) is 11.6. The highest BCUT2D eigenvalue weighted by Gasteiger charge is 2.30. The lowest BCUT2D eigenvalue weighted by Gasteiger charge is -2.15. The number of phenols is 1. The Morgan fingerprint density at radius 3 is 2.47 bits per heavy atom. The summed E-state index contributed by atoms with van der Waals surface area (Å²) < 4.78 is 33.1. The van der Waals surface area contributed by atoms with Crippen LogP contribution < -0.4 is 0 Å². The summed E-state index contributed by atoms with van der Waals surface area (Å²) in [6, 6.07) is 11.4. The van der Waals surface area contributed by atoms with E-state index in [2.05, 4.69) is 0 Å². The van der Waals surface area contributed by atoms with Crippen LogP contribution in [0.3, 0.4) is 0 Å². The quantitative estimate of drug-likeness (QED) is 0.545. The standard InChI is InChI=1S/C23H25N3O5S/c1-5-31-23(28)21-19(14-32(29,30)16-9-7-6-8-10-16)26(4)18-11-15(12-24)22(27)17(20(18)21)13-25(2)3/h6-11,27H,5,13-14H2,1-4H3. The van der Waals surface area contributed by atoms with E-state index in [0.717, 1.165) is 0 Å². The van der Waals surface area contributed by atoms with Gasteiger partial charge in [-0.05, 0) is 39.2 Å². The molecule has 0 amide bonds. The molecule has 0 unspecified atom stereocenters. The number of carbonyl (C=O) groups excluding carboxylic acids is 1. The number of carbonyl (C=O) groups is 1. The summed E-state index contributed by atoms with van der Waals surface area (Å²) in [6.07, 6.45) is 0. The second-order valence-electron chi connectivity index (χ2n) is 7.67. The Morgan fingerprint density at radius 2 is 1.91 bits per heavy atom. The van der Waals surface area contributed by atoms with Gasteiger partial charge in [0.25, 0.3) is 0 Å². The summed E-state index contributed by atoms with van der Waals surface area (Å²) in [5, 5.41) is 20.6. The summed E-state index contributed by atoms with van der Waals surface area (Å²) >= 11 is 0. The predicted octanol–water partition coefficient (Wildman–Crippen LogP) is 2.97. The van der Waals surface area contributed by atoms with Gasteiger partial charge in [-0.15, -0.1) is 0 Å². The van der Waals surface area contributed by atoms with Crippen molar-refractivity contribution in [2.75, 3.05) is 20.7 Å². The lowest BCUT2D eigenvalue weighted by molar-refractivity contribution is 0.0527. The highest BCUT2D eigenvalue weighted by molar-refractivity contribution is 7.90. The van der Waals surface area contributed by atoms with Crippen molar-refractivity contribution in [1.29, 1.82) is 5.26 Å². The fraction of sp³-hybridized carbons (Fsp3) is 0.304. The van der Waals surface area contributed by atoms with Crippen LogP contribution in [0.4, 0.5) is 0 Å². The molecule has 3 aromatic rings. The summed E-state index contributed by atoms with van der Waals surface area (Å²) in [7, 11) is 1.43. The van der Waals surface area contributed by atoms with Crippen LogP contribution in [0.5, 0.6) is 5.75 Å². The van der Waals surface area contributed by atoms with Gasteiger partial charge in [0.2, 0.25) is 0 Å². The van der Waals surface area contributed by atoms with Gasteiger partial charge in [0.15, 0.2) is 9.84 Å². The molecule has 1 N–H and O–H groups in total. The molecule has 0 radical (unpaired) electrons. The molecule has 8 nitrogen and oxygen atoms in total. The lowest BCUT2D eigenvalue weighted by Crippen LogP contribution is -2.15. The molecule has 0 bridgehead atoms. The number of nitrogens with zero attached hydrogens (tertiary/aromatic N) is 3. The number of aromatic hydroxyl groups is 1. The first kappa shape index (κ1) is 23.3. The first-order valence-corrected chi connectivity index (χ1v) is 11.6. The number of hydrogen-bond donors (Lipinski definition) is 1. The maximum atomic E-state index is 13.1. The monoisotopic (exact) mass is 455 g/mol. The van der Waals surface area contributed by atoms with Gasteiger partial charge >= 0.3 is 5.97 Å². The largest absolute Gasteiger partial charge is 0.506 e. The number of aromatic nitrogens is 1. The Hall–Kier alpha value is -3.35. The Bertz CT molecular complexity index is 1320. The Morgan fingerprint density at radius 1 is 1.25 bits per heavy atom. The van der Waals surface area contributed by atoms with E-state index >= 15 is 0 Å². The molecule has 1 aromatic heterocycles. The van der Waals surface area contributed by atoms with Crippen LogP contribution >= 0.6 is 0 Å². The molecule has 9 heteroatoms. The molecule has 0 fully saturated rings. The Balaban J connectivity index is 2.38. The highest BCUT2D eigenvalue weighted by atomic mass is 32.2. The number of phenolic OH excluding ortho intramolecular Hbond substituents is 1. The van der Waals surface area contributed by atoms with Gasteiger partial charge in [-0.3, -0.25) is 0 Å². The lowest BCUT2D eigenvalue weighted by atomic mass is 10.00. The number of sulfone groups is 1. The van der Waals surface area contributed by atoms with Crippen molar-refractivity contribution < 1.29 is 23.1 Å². The smallest absolute Gasteiger partial charge is 0.340 e. The maximum Gasteiger partial charge on any atom is 0.340 e. The Labute approximate surface area is 187 Å². The molecule has 3 rings (SSSR count). The summed E-state index contributed by atoms with van der Waals surface area (Å²) in [5.74, 6) is -1.36. The Kier molecular flexibility index (Phi) is 6.57. The highest BCUT2D eigenvalue weighted by Crippen LogP contribution is 2.38. The van der Waals surface area contributed by atoms with E-state index in [4.69, 9.17) is 4.74 Å².